The predicted octanol–water partition coefficient (Wildman–Crippen LogP) is 3.12. The van der Waals surface area contributed by atoms with Crippen molar-refractivity contribution in [3.05, 3.63) is 60.2 Å². The number of anilines is 1. The Hall–Kier alpha value is -2.13. The lowest BCUT2D eigenvalue weighted by atomic mass is 10.1. The van der Waals surface area contributed by atoms with Gasteiger partial charge in [0, 0.05) is 11.8 Å². The van der Waals surface area contributed by atoms with E-state index in [2.05, 4.69) is 4.99 Å². The van der Waals surface area contributed by atoms with E-state index in [-0.39, 0.29) is 17.2 Å². The first-order chi connectivity index (χ1) is 13.4. The first-order valence-corrected chi connectivity index (χ1v) is 11.6. The number of ether oxygens (including phenoxy) is 1. The Morgan fingerprint density at radius 2 is 1.93 bits per heavy atom. The lowest BCUT2D eigenvalue weighted by Crippen LogP contribution is -2.39. The number of thioether (sulfide) groups is 1. The molecule has 0 radical (unpaired) electrons. The summed E-state index contributed by atoms with van der Waals surface area (Å²) >= 11 is 1.37. The molecular weight excluding hydrogens is 406 g/mol. The van der Waals surface area contributed by atoms with Crippen LogP contribution in [0, 0.1) is 11.6 Å². The summed E-state index contributed by atoms with van der Waals surface area (Å²) in [5.41, 5.74) is 0.140. The molecule has 0 aromatic heterocycles. The zero-order valence-corrected chi connectivity index (χ0v) is 16.4. The van der Waals surface area contributed by atoms with Gasteiger partial charge in [-0.15, -0.1) is 0 Å². The van der Waals surface area contributed by atoms with Crippen LogP contribution in [0.1, 0.15) is 0 Å². The molecule has 0 saturated carbocycles. The second-order valence-corrected chi connectivity index (χ2v) is 9.81. The lowest BCUT2D eigenvalue weighted by molar-refractivity contribution is 0.344. The van der Waals surface area contributed by atoms with Crippen molar-refractivity contribution in [2.45, 2.75) is 12.1 Å². The smallest absolute Gasteiger partial charge is 0.164 e. The van der Waals surface area contributed by atoms with Crippen molar-refractivity contribution in [2.75, 3.05) is 28.8 Å². The van der Waals surface area contributed by atoms with Gasteiger partial charge in [0.2, 0.25) is 0 Å². The van der Waals surface area contributed by atoms with Gasteiger partial charge in [0.25, 0.3) is 0 Å². The quantitative estimate of drug-likeness (QED) is 0.691. The largest absolute Gasteiger partial charge is 0.493 e. The molecule has 2 atom stereocenters. The van der Waals surface area contributed by atoms with Gasteiger partial charge < -0.3 is 9.64 Å². The molecule has 2 aromatic rings. The molecule has 2 aliphatic rings. The van der Waals surface area contributed by atoms with E-state index in [9.17, 15) is 17.2 Å². The molecule has 4 rings (SSSR count). The van der Waals surface area contributed by atoms with Crippen molar-refractivity contribution < 1.29 is 21.9 Å². The Labute approximate surface area is 166 Å². The van der Waals surface area contributed by atoms with Gasteiger partial charge in [-0.05, 0) is 24.3 Å². The van der Waals surface area contributed by atoms with Crippen molar-refractivity contribution in [1.82, 2.24) is 0 Å². The van der Waals surface area contributed by atoms with Crippen LogP contribution in [0.25, 0.3) is 0 Å². The number of benzene rings is 2. The second-order valence-electron chi connectivity index (χ2n) is 6.60. The number of halogens is 2. The summed E-state index contributed by atoms with van der Waals surface area (Å²) in [6.45, 7) is 0.418. The van der Waals surface area contributed by atoms with Crippen molar-refractivity contribution >= 4 is 32.5 Å². The maximum Gasteiger partial charge on any atom is 0.164 e. The summed E-state index contributed by atoms with van der Waals surface area (Å²) < 4.78 is 57.4. The predicted molar refractivity (Wildman–Crippen MR) is 107 cm³/mol. The van der Waals surface area contributed by atoms with Crippen molar-refractivity contribution in [1.29, 1.82) is 0 Å². The first kappa shape index (κ1) is 19.2. The van der Waals surface area contributed by atoms with Crippen molar-refractivity contribution in [2.24, 2.45) is 4.99 Å². The Balaban J connectivity index is 1.50. The van der Waals surface area contributed by atoms with Crippen LogP contribution in [0.4, 0.5) is 14.5 Å². The van der Waals surface area contributed by atoms with E-state index < -0.39 is 33.6 Å². The van der Waals surface area contributed by atoms with Gasteiger partial charge in [-0.25, -0.2) is 17.2 Å². The molecule has 1 saturated heterocycles. The Morgan fingerprint density at radius 3 is 2.68 bits per heavy atom. The highest BCUT2D eigenvalue weighted by Crippen LogP contribution is 2.36. The van der Waals surface area contributed by atoms with Crippen LogP contribution in [0.15, 0.2) is 53.5 Å². The average molecular weight is 424 g/mol. The monoisotopic (exact) mass is 424 g/mol. The van der Waals surface area contributed by atoms with Crippen LogP contribution in [-0.4, -0.2) is 49.5 Å². The summed E-state index contributed by atoms with van der Waals surface area (Å²) in [7, 11) is -3.23. The molecule has 0 N–H and O–H groups in total. The van der Waals surface area contributed by atoms with Crippen LogP contribution in [0.5, 0.6) is 5.75 Å². The SMILES string of the molecule is O=S1(=O)C[C@@H]2N=C(SCCOc3ccccc3)N(c3ccc(F)cc3F)[C@@H]2C1. The maximum atomic E-state index is 14.4. The number of hydrogen-bond donors (Lipinski definition) is 0. The Bertz CT molecular complexity index is 999. The Morgan fingerprint density at radius 1 is 1.14 bits per heavy atom. The fourth-order valence-corrected chi connectivity index (χ4v) is 6.18. The molecule has 5 nitrogen and oxygen atoms in total. The normalized spacial score (nSPS) is 22.8. The zero-order chi connectivity index (χ0) is 19.7. The molecule has 0 unspecified atom stereocenters. The fraction of sp³-hybridized carbons (Fsp3) is 0.316. The molecule has 0 aliphatic carbocycles. The molecule has 9 heteroatoms. The topological polar surface area (TPSA) is 59.0 Å². The highest BCUT2D eigenvalue weighted by molar-refractivity contribution is 8.14. The zero-order valence-electron chi connectivity index (χ0n) is 14.8. The minimum absolute atomic E-state index is 0.0540. The van der Waals surface area contributed by atoms with Crippen LogP contribution in [0.2, 0.25) is 0 Å². The summed E-state index contributed by atoms with van der Waals surface area (Å²) in [6.07, 6.45) is 0. The number of fused-ring (bicyclic) bond motifs is 1. The van der Waals surface area contributed by atoms with Gasteiger partial charge in [-0.2, -0.15) is 0 Å². The third kappa shape index (κ3) is 4.00. The lowest BCUT2D eigenvalue weighted by Gasteiger charge is -2.26. The number of nitrogens with zero attached hydrogens (tertiary/aromatic N) is 2. The van der Waals surface area contributed by atoms with Crippen LogP contribution >= 0.6 is 11.8 Å². The van der Waals surface area contributed by atoms with Gasteiger partial charge in [0.05, 0.1) is 35.9 Å². The highest BCUT2D eigenvalue weighted by Gasteiger charge is 2.47. The van der Waals surface area contributed by atoms with Crippen LogP contribution < -0.4 is 9.64 Å². The van der Waals surface area contributed by atoms with E-state index >= 15 is 0 Å². The molecule has 1 fully saturated rings. The van der Waals surface area contributed by atoms with Gasteiger partial charge in [-0.3, -0.25) is 4.99 Å². The van der Waals surface area contributed by atoms with Gasteiger partial charge in [-0.1, -0.05) is 30.0 Å². The number of hydrogen-bond acceptors (Lipinski definition) is 6. The maximum absolute atomic E-state index is 14.4. The van der Waals surface area contributed by atoms with Crippen molar-refractivity contribution in [3.63, 3.8) is 0 Å². The summed E-state index contributed by atoms with van der Waals surface area (Å²) in [6, 6.07) is 11.7. The molecule has 0 spiro atoms. The molecule has 2 aliphatic heterocycles. The van der Waals surface area contributed by atoms with Crippen LogP contribution in [0.3, 0.4) is 0 Å². The van der Waals surface area contributed by atoms with E-state index in [1.807, 2.05) is 30.3 Å². The molecule has 0 bridgehead atoms. The third-order valence-electron chi connectivity index (χ3n) is 4.60. The number of amidine groups is 1. The third-order valence-corrected chi connectivity index (χ3v) is 7.23. The van der Waals surface area contributed by atoms with E-state index in [4.69, 9.17) is 4.74 Å². The summed E-state index contributed by atoms with van der Waals surface area (Å²) in [4.78, 5) is 6.12. The molecule has 2 aromatic carbocycles. The fourth-order valence-electron chi connectivity index (χ4n) is 3.40. The van der Waals surface area contributed by atoms with Crippen LogP contribution in [-0.2, 0) is 9.84 Å². The molecular formula is C19H18F2N2O3S2. The summed E-state index contributed by atoms with van der Waals surface area (Å²) in [5, 5.41) is 0.534. The number of aliphatic imine (C=N–C) groups is 1. The second kappa shape index (κ2) is 7.71. The number of rotatable bonds is 5. The van der Waals surface area contributed by atoms with E-state index in [1.165, 1.54) is 17.8 Å². The first-order valence-electron chi connectivity index (χ1n) is 8.76. The van der Waals surface area contributed by atoms with Gasteiger partial charge in [0.1, 0.15) is 17.4 Å². The molecule has 0 amide bonds. The minimum Gasteiger partial charge on any atom is -0.493 e. The van der Waals surface area contributed by atoms with E-state index in [0.29, 0.717) is 17.5 Å². The number of sulfone groups is 1. The molecule has 28 heavy (non-hydrogen) atoms. The highest BCUT2D eigenvalue weighted by atomic mass is 32.2. The van der Waals surface area contributed by atoms with Crippen molar-refractivity contribution in [3.8, 4) is 5.75 Å². The van der Waals surface area contributed by atoms with E-state index in [0.717, 1.165) is 17.9 Å². The average Bonchev–Trinajstić information content (AvgIpc) is 3.11. The standard InChI is InChI=1S/C19H18F2N2O3S2/c20-13-6-7-17(15(21)10-13)23-18-12-28(24,25)11-16(18)22-19(23)27-9-8-26-14-4-2-1-3-5-14/h1-7,10,16,18H,8-9,11-12H2/t16-,18+/m0/s1. The van der Waals surface area contributed by atoms with Gasteiger partial charge >= 0.3 is 0 Å². The number of para-hydroxylation sites is 1. The molecule has 148 valence electrons. The summed E-state index contributed by atoms with van der Waals surface area (Å²) in [5.74, 6) is -0.262. The molecule has 2 heterocycles. The van der Waals surface area contributed by atoms with Gasteiger partial charge in [0.15, 0.2) is 15.0 Å². The van der Waals surface area contributed by atoms with E-state index in [1.54, 1.807) is 4.90 Å². The Kier molecular flexibility index (Phi) is 5.29. The minimum atomic E-state index is -3.23.